The molecule has 0 radical (unpaired) electrons. The molecule has 0 saturated heterocycles. The highest BCUT2D eigenvalue weighted by Gasteiger charge is 2.12. The molecule has 138 valence electrons. The molecule has 0 saturated carbocycles. The van der Waals surface area contributed by atoms with E-state index in [-0.39, 0.29) is 5.97 Å². The highest BCUT2D eigenvalue weighted by atomic mass is 16.5. The summed E-state index contributed by atoms with van der Waals surface area (Å²) >= 11 is 0. The van der Waals surface area contributed by atoms with E-state index >= 15 is 0 Å². The van der Waals surface area contributed by atoms with Crippen LogP contribution < -0.4 is 10.6 Å². The first-order valence-electron chi connectivity index (χ1n) is 8.68. The molecule has 0 aliphatic rings. The van der Waals surface area contributed by atoms with Crippen LogP contribution in [0.3, 0.4) is 0 Å². The third kappa shape index (κ3) is 4.78. The zero-order chi connectivity index (χ0) is 19.1. The van der Waals surface area contributed by atoms with Gasteiger partial charge in [-0.25, -0.2) is 4.79 Å². The molecule has 0 aliphatic heterocycles. The topological polar surface area (TPSA) is 89.0 Å². The number of aromatic nitrogens is 3. The Morgan fingerprint density at radius 3 is 2.70 bits per heavy atom. The number of anilines is 3. The zero-order valence-electron chi connectivity index (χ0n) is 15.3. The van der Waals surface area contributed by atoms with E-state index in [2.05, 4.69) is 38.8 Å². The standard InChI is InChI=1S/C20H21N5O2/c1-3-27-19(26)16-10-6-7-11-17(16)23-18-13-22-25-20(24-18)21-12-15-9-5-4-8-14(15)2/h4-11,13H,3,12H2,1-2H3,(H2,21,23,24,25). The number of hydrogen-bond donors (Lipinski definition) is 2. The molecule has 7 nitrogen and oxygen atoms in total. The second-order valence-corrected chi connectivity index (χ2v) is 5.84. The normalized spacial score (nSPS) is 10.3. The number of carbonyl (C=O) groups is 1. The van der Waals surface area contributed by atoms with Gasteiger partial charge in [-0.15, -0.1) is 5.10 Å². The lowest BCUT2D eigenvalue weighted by atomic mass is 10.1. The van der Waals surface area contributed by atoms with Crippen molar-refractivity contribution in [3.8, 4) is 0 Å². The first-order valence-corrected chi connectivity index (χ1v) is 8.68. The lowest BCUT2D eigenvalue weighted by Gasteiger charge is -2.11. The minimum atomic E-state index is -0.388. The Morgan fingerprint density at radius 2 is 1.89 bits per heavy atom. The third-order valence-corrected chi connectivity index (χ3v) is 3.94. The van der Waals surface area contributed by atoms with Crippen LogP contribution in [0, 0.1) is 6.92 Å². The van der Waals surface area contributed by atoms with Gasteiger partial charge in [0.1, 0.15) is 0 Å². The van der Waals surface area contributed by atoms with Gasteiger partial charge in [0.05, 0.1) is 24.1 Å². The molecule has 0 atom stereocenters. The summed E-state index contributed by atoms with van der Waals surface area (Å²) < 4.78 is 5.09. The molecule has 27 heavy (non-hydrogen) atoms. The molecule has 1 heterocycles. The average Bonchev–Trinajstić information content (AvgIpc) is 2.68. The molecule has 2 aromatic carbocycles. The van der Waals surface area contributed by atoms with Crippen LogP contribution >= 0.6 is 0 Å². The van der Waals surface area contributed by atoms with Gasteiger partial charge in [-0.3, -0.25) is 0 Å². The fraction of sp³-hybridized carbons (Fsp3) is 0.200. The summed E-state index contributed by atoms with van der Waals surface area (Å²) in [5.74, 6) is 0.492. The maximum atomic E-state index is 12.1. The summed E-state index contributed by atoms with van der Waals surface area (Å²) in [5, 5.41) is 14.3. The lowest BCUT2D eigenvalue weighted by molar-refractivity contribution is 0.0527. The largest absolute Gasteiger partial charge is 0.462 e. The van der Waals surface area contributed by atoms with Gasteiger partial charge in [0.15, 0.2) is 5.82 Å². The summed E-state index contributed by atoms with van der Waals surface area (Å²) in [6.07, 6.45) is 1.50. The molecular weight excluding hydrogens is 342 g/mol. The number of nitrogens with zero attached hydrogens (tertiary/aromatic N) is 3. The molecule has 2 N–H and O–H groups in total. The molecule has 0 spiro atoms. The predicted octanol–water partition coefficient (Wildman–Crippen LogP) is 3.71. The molecule has 0 unspecified atom stereocenters. The van der Waals surface area contributed by atoms with Crippen molar-refractivity contribution in [3.63, 3.8) is 0 Å². The van der Waals surface area contributed by atoms with Crippen LogP contribution in [0.15, 0.2) is 54.7 Å². The van der Waals surface area contributed by atoms with Gasteiger partial charge in [-0.2, -0.15) is 10.1 Å². The van der Waals surface area contributed by atoms with Crippen molar-refractivity contribution < 1.29 is 9.53 Å². The van der Waals surface area contributed by atoms with Crippen LogP contribution in [0.25, 0.3) is 0 Å². The van der Waals surface area contributed by atoms with Crippen molar-refractivity contribution >= 4 is 23.4 Å². The summed E-state index contributed by atoms with van der Waals surface area (Å²) in [7, 11) is 0. The highest BCUT2D eigenvalue weighted by molar-refractivity contribution is 5.96. The highest BCUT2D eigenvalue weighted by Crippen LogP contribution is 2.20. The number of ether oxygens (including phenoxy) is 1. The van der Waals surface area contributed by atoms with E-state index < -0.39 is 0 Å². The second-order valence-electron chi connectivity index (χ2n) is 5.84. The Kier molecular flexibility index (Phi) is 5.94. The van der Waals surface area contributed by atoms with E-state index in [0.717, 1.165) is 5.56 Å². The quantitative estimate of drug-likeness (QED) is 0.619. The zero-order valence-corrected chi connectivity index (χ0v) is 15.3. The number of para-hydroxylation sites is 1. The number of nitrogens with one attached hydrogen (secondary N) is 2. The van der Waals surface area contributed by atoms with E-state index in [1.165, 1.54) is 11.8 Å². The number of benzene rings is 2. The average molecular weight is 363 g/mol. The van der Waals surface area contributed by atoms with Crippen LogP contribution in [0.4, 0.5) is 17.5 Å². The molecule has 0 bridgehead atoms. The van der Waals surface area contributed by atoms with Gasteiger partial charge >= 0.3 is 5.97 Å². The van der Waals surface area contributed by atoms with Gasteiger partial charge in [0, 0.05) is 6.54 Å². The van der Waals surface area contributed by atoms with Crippen LogP contribution in [0.2, 0.25) is 0 Å². The molecular formula is C20H21N5O2. The van der Waals surface area contributed by atoms with Gasteiger partial charge < -0.3 is 15.4 Å². The Morgan fingerprint density at radius 1 is 1.11 bits per heavy atom. The number of rotatable bonds is 7. The fourth-order valence-corrected chi connectivity index (χ4v) is 2.54. The minimum absolute atomic E-state index is 0.315. The van der Waals surface area contributed by atoms with Crippen LogP contribution in [0.1, 0.15) is 28.4 Å². The van der Waals surface area contributed by atoms with Crippen LogP contribution in [-0.4, -0.2) is 27.8 Å². The Hall–Kier alpha value is -3.48. The van der Waals surface area contributed by atoms with E-state index in [0.29, 0.717) is 36.2 Å². The summed E-state index contributed by atoms with van der Waals surface area (Å²) in [4.78, 5) is 16.5. The van der Waals surface area contributed by atoms with E-state index in [1.807, 2.05) is 24.3 Å². The third-order valence-electron chi connectivity index (χ3n) is 3.94. The second kappa shape index (κ2) is 8.75. The summed E-state index contributed by atoms with van der Waals surface area (Å²) in [6.45, 7) is 4.74. The van der Waals surface area contributed by atoms with Gasteiger partial charge in [0.25, 0.3) is 0 Å². The molecule has 0 fully saturated rings. The molecule has 0 aliphatic carbocycles. The monoisotopic (exact) mass is 363 g/mol. The van der Waals surface area contributed by atoms with Crippen molar-refractivity contribution in [3.05, 3.63) is 71.4 Å². The molecule has 7 heteroatoms. The van der Waals surface area contributed by atoms with Gasteiger partial charge in [0.2, 0.25) is 5.95 Å². The fourth-order valence-electron chi connectivity index (χ4n) is 2.54. The summed E-state index contributed by atoms with van der Waals surface area (Å²) in [6, 6.07) is 15.2. The summed E-state index contributed by atoms with van der Waals surface area (Å²) in [5.41, 5.74) is 3.39. The maximum absolute atomic E-state index is 12.1. The number of hydrogen-bond acceptors (Lipinski definition) is 7. The van der Waals surface area contributed by atoms with Crippen molar-refractivity contribution in [1.29, 1.82) is 0 Å². The molecule has 1 aromatic heterocycles. The van der Waals surface area contributed by atoms with Crippen molar-refractivity contribution in [2.45, 2.75) is 20.4 Å². The van der Waals surface area contributed by atoms with Gasteiger partial charge in [-0.1, -0.05) is 36.4 Å². The number of aryl methyl sites for hydroxylation is 1. The lowest BCUT2D eigenvalue weighted by Crippen LogP contribution is -2.10. The number of esters is 1. The Bertz CT molecular complexity index is 930. The molecule has 0 amide bonds. The first kappa shape index (κ1) is 18.3. The van der Waals surface area contributed by atoms with Crippen molar-refractivity contribution in [2.24, 2.45) is 0 Å². The predicted molar refractivity (Wildman–Crippen MR) is 104 cm³/mol. The van der Waals surface area contributed by atoms with Crippen molar-refractivity contribution in [1.82, 2.24) is 15.2 Å². The SMILES string of the molecule is CCOC(=O)c1ccccc1Nc1cnnc(NCc2ccccc2C)n1. The van der Waals surface area contributed by atoms with Gasteiger partial charge in [-0.05, 0) is 37.1 Å². The van der Waals surface area contributed by atoms with Crippen LogP contribution in [-0.2, 0) is 11.3 Å². The van der Waals surface area contributed by atoms with Crippen molar-refractivity contribution in [2.75, 3.05) is 17.2 Å². The smallest absolute Gasteiger partial charge is 0.340 e. The molecule has 3 aromatic rings. The maximum Gasteiger partial charge on any atom is 0.340 e. The Balaban J connectivity index is 1.73. The molecule has 3 rings (SSSR count). The number of carbonyl (C=O) groups excluding carboxylic acids is 1. The Labute approximate surface area is 157 Å². The van der Waals surface area contributed by atoms with E-state index in [1.54, 1.807) is 25.1 Å². The minimum Gasteiger partial charge on any atom is -0.462 e. The van der Waals surface area contributed by atoms with Crippen LogP contribution in [0.5, 0.6) is 0 Å². The van der Waals surface area contributed by atoms with E-state index in [9.17, 15) is 4.79 Å². The first-order chi connectivity index (χ1) is 13.2. The van der Waals surface area contributed by atoms with E-state index in [4.69, 9.17) is 4.74 Å².